The maximum atomic E-state index is 9.43. The van der Waals surface area contributed by atoms with Crippen LogP contribution in [0.4, 0.5) is 0 Å². The van der Waals surface area contributed by atoms with E-state index in [2.05, 4.69) is 6.92 Å². The molecule has 0 saturated heterocycles. The van der Waals surface area contributed by atoms with Gasteiger partial charge in [0, 0.05) is 20.1 Å². The average molecular weight is 204 g/mol. The molecule has 1 N–H and O–H groups in total. The Kier molecular flexibility index (Phi) is 5.40. The van der Waals surface area contributed by atoms with E-state index in [0.717, 1.165) is 13.0 Å². The third-order valence-corrected chi connectivity index (χ3v) is 2.35. The quantitative estimate of drug-likeness (QED) is 0.616. The van der Waals surface area contributed by atoms with Crippen LogP contribution < -0.4 is 0 Å². The summed E-state index contributed by atoms with van der Waals surface area (Å²) >= 11 is 0. The van der Waals surface area contributed by atoms with Crippen molar-refractivity contribution < 1.29 is 19.3 Å². The highest BCUT2D eigenvalue weighted by Crippen LogP contribution is 2.27. The van der Waals surface area contributed by atoms with E-state index in [9.17, 15) is 5.11 Å². The number of methoxy groups -OCH3 is 1. The number of aliphatic hydroxyl groups is 1. The van der Waals surface area contributed by atoms with Crippen molar-refractivity contribution in [2.24, 2.45) is 0 Å². The molecule has 0 heterocycles. The molecule has 1 rings (SSSR count). The monoisotopic (exact) mass is 204 g/mol. The van der Waals surface area contributed by atoms with Crippen LogP contribution in [-0.2, 0) is 14.2 Å². The van der Waals surface area contributed by atoms with E-state index in [1.165, 1.54) is 0 Å². The predicted molar refractivity (Wildman–Crippen MR) is 52.3 cm³/mol. The molecular weight excluding hydrogens is 184 g/mol. The minimum Gasteiger partial charge on any atom is -0.390 e. The van der Waals surface area contributed by atoms with E-state index in [4.69, 9.17) is 14.2 Å². The van der Waals surface area contributed by atoms with Crippen molar-refractivity contribution in [3.8, 4) is 0 Å². The molecule has 0 bridgehead atoms. The Morgan fingerprint density at radius 2 is 2.00 bits per heavy atom. The van der Waals surface area contributed by atoms with Crippen LogP contribution in [0.15, 0.2) is 0 Å². The molecule has 4 nitrogen and oxygen atoms in total. The second-order valence-corrected chi connectivity index (χ2v) is 3.54. The summed E-state index contributed by atoms with van der Waals surface area (Å²) in [5, 5.41) is 9.43. The Balaban J connectivity index is 2.13. The summed E-state index contributed by atoms with van der Waals surface area (Å²) in [6.07, 6.45) is 1.24. The first-order valence-electron chi connectivity index (χ1n) is 5.19. The summed E-state index contributed by atoms with van der Waals surface area (Å²) in [6, 6.07) is 0. The zero-order valence-electron chi connectivity index (χ0n) is 8.94. The molecule has 84 valence electrons. The van der Waals surface area contributed by atoms with E-state index in [1.807, 2.05) is 0 Å². The van der Waals surface area contributed by atoms with Crippen molar-refractivity contribution in [3.63, 3.8) is 0 Å². The molecular formula is C10H20O4. The first-order valence-corrected chi connectivity index (χ1v) is 5.19. The summed E-state index contributed by atoms with van der Waals surface area (Å²) < 4.78 is 15.8. The van der Waals surface area contributed by atoms with Gasteiger partial charge in [-0.05, 0) is 6.42 Å². The van der Waals surface area contributed by atoms with Gasteiger partial charge in [-0.15, -0.1) is 0 Å². The zero-order chi connectivity index (χ0) is 10.4. The molecule has 0 amide bonds. The van der Waals surface area contributed by atoms with Gasteiger partial charge in [-0.25, -0.2) is 0 Å². The van der Waals surface area contributed by atoms with E-state index in [1.54, 1.807) is 7.11 Å². The standard InChI is InChI=1S/C10H20O4/c1-3-4-13-9-7-8(11)10(9)14-6-5-12-2/h8-11H,3-7H2,1-2H3. The maximum absolute atomic E-state index is 9.43. The van der Waals surface area contributed by atoms with Crippen LogP contribution in [0.5, 0.6) is 0 Å². The Morgan fingerprint density at radius 1 is 1.21 bits per heavy atom. The molecule has 1 fully saturated rings. The average Bonchev–Trinajstić information content (AvgIpc) is 2.19. The zero-order valence-corrected chi connectivity index (χ0v) is 8.94. The summed E-state index contributed by atoms with van der Waals surface area (Å²) in [6.45, 7) is 3.88. The molecule has 1 aliphatic rings. The first-order chi connectivity index (χ1) is 6.79. The number of rotatable bonds is 7. The number of ether oxygens (including phenoxy) is 3. The molecule has 3 unspecified atom stereocenters. The minimum atomic E-state index is -0.367. The highest BCUT2D eigenvalue weighted by molar-refractivity contribution is 4.91. The maximum Gasteiger partial charge on any atom is 0.110 e. The number of hydrogen-bond donors (Lipinski definition) is 1. The second kappa shape index (κ2) is 6.35. The van der Waals surface area contributed by atoms with Gasteiger partial charge in [0.15, 0.2) is 0 Å². The molecule has 0 aromatic heterocycles. The van der Waals surface area contributed by atoms with Crippen LogP contribution >= 0.6 is 0 Å². The van der Waals surface area contributed by atoms with E-state index in [0.29, 0.717) is 19.6 Å². The molecule has 14 heavy (non-hydrogen) atoms. The Hall–Kier alpha value is -0.160. The van der Waals surface area contributed by atoms with Gasteiger partial charge < -0.3 is 19.3 Å². The summed E-state index contributed by atoms with van der Waals surface area (Å²) in [7, 11) is 1.63. The van der Waals surface area contributed by atoms with Crippen molar-refractivity contribution in [2.45, 2.75) is 38.1 Å². The summed E-state index contributed by atoms with van der Waals surface area (Å²) in [4.78, 5) is 0. The normalized spacial score (nSPS) is 31.5. The Labute approximate surface area is 85.2 Å². The van der Waals surface area contributed by atoms with E-state index < -0.39 is 0 Å². The molecule has 0 aliphatic heterocycles. The van der Waals surface area contributed by atoms with Crippen molar-refractivity contribution >= 4 is 0 Å². The minimum absolute atomic E-state index is 0.0711. The molecule has 0 aromatic rings. The van der Waals surface area contributed by atoms with E-state index in [-0.39, 0.29) is 18.3 Å². The van der Waals surface area contributed by atoms with Crippen molar-refractivity contribution in [1.29, 1.82) is 0 Å². The van der Waals surface area contributed by atoms with Gasteiger partial charge in [0.1, 0.15) is 6.10 Å². The Bertz CT molecular complexity index is 151. The SMILES string of the molecule is CCCOC1CC(O)C1OCCOC. The lowest BCUT2D eigenvalue weighted by Gasteiger charge is -2.40. The fourth-order valence-corrected chi connectivity index (χ4v) is 1.48. The van der Waals surface area contributed by atoms with Gasteiger partial charge >= 0.3 is 0 Å². The van der Waals surface area contributed by atoms with Crippen molar-refractivity contribution in [2.75, 3.05) is 26.9 Å². The molecule has 1 saturated carbocycles. The van der Waals surface area contributed by atoms with Crippen LogP contribution in [0.2, 0.25) is 0 Å². The topological polar surface area (TPSA) is 47.9 Å². The summed E-state index contributed by atoms with van der Waals surface area (Å²) in [5.41, 5.74) is 0. The van der Waals surface area contributed by atoms with Gasteiger partial charge in [0.25, 0.3) is 0 Å². The first kappa shape index (κ1) is 11.9. The predicted octanol–water partition coefficient (Wildman–Crippen LogP) is 0.578. The third-order valence-electron chi connectivity index (χ3n) is 2.35. The van der Waals surface area contributed by atoms with Gasteiger partial charge in [-0.1, -0.05) is 6.92 Å². The van der Waals surface area contributed by atoms with Gasteiger partial charge in [-0.2, -0.15) is 0 Å². The molecule has 0 radical (unpaired) electrons. The lowest BCUT2D eigenvalue weighted by molar-refractivity contribution is -0.195. The lowest BCUT2D eigenvalue weighted by Crippen LogP contribution is -2.54. The molecule has 0 aromatic carbocycles. The third kappa shape index (κ3) is 3.20. The van der Waals surface area contributed by atoms with Gasteiger partial charge in [-0.3, -0.25) is 0 Å². The molecule has 3 atom stereocenters. The smallest absolute Gasteiger partial charge is 0.110 e. The van der Waals surface area contributed by atoms with Crippen molar-refractivity contribution in [1.82, 2.24) is 0 Å². The van der Waals surface area contributed by atoms with Gasteiger partial charge in [0.05, 0.1) is 25.4 Å². The fourth-order valence-electron chi connectivity index (χ4n) is 1.48. The largest absolute Gasteiger partial charge is 0.390 e. The lowest BCUT2D eigenvalue weighted by atomic mass is 9.88. The summed E-state index contributed by atoms with van der Waals surface area (Å²) in [5.74, 6) is 0. The van der Waals surface area contributed by atoms with Crippen LogP contribution in [0.3, 0.4) is 0 Å². The second-order valence-electron chi connectivity index (χ2n) is 3.54. The fraction of sp³-hybridized carbons (Fsp3) is 1.00. The van der Waals surface area contributed by atoms with Crippen LogP contribution in [0.1, 0.15) is 19.8 Å². The number of hydrogen-bond acceptors (Lipinski definition) is 4. The highest BCUT2D eigenvalue weighted by Gasteiger charge is 2.41. The van der Waals surface area contributed by atoms with Crippen LogP contribution in [0, 0.1) is 0 Å². The van der Waals surface area contributed by atoms with Crippen LogP contribution in [0.25, 0.3) is 0 Å². The molecule has 4 heteroatoms. The van der Waals surface area contributed by atoms with Crippen LogP contribution in [-0.4, -0.2) is 50.3 Å². The molecule has 0 spiro atoms. The highest BCUT2D eigenvalue weighted by atomic mass is 16.6. The Morgan fingerprint density at radius 3 is 2.57 bits per heavy atom. The van der Waals surface area contributed by atoms with Gasteiger partial charge in [0.2, 0.25) is 0 Å². The number of aliphatic hydroxyl groups excluding tert-OH is 1. The molecule has 1 aliphatic carbocycles. The van der Waals surface area contributed by atoms with Crippen molar-refractivity contribution in [3.05, 3.63) is 0 Å². The van der Waals surface area contributed by atoms with E-state index >= 15 is 0 Å².